The molecule has 0 saturated heterocycles. The monoisotopic (exact) mass is 263 g/mol. The van der Waals surface area contributed by atoms with E-state index in [1.54, 1.807) is 7.11 Å². The lowest BCUT2D eigenvalue weighted by atomic mass is 10.2. The first-order valence-electron chi connectivity index (χ1n) is 5.32. The molecule has 1 heterocycles. The summed E-state index contributed by atoms with van der Waals surface area (Å²) >= 11 is 7.11. The number of hydrogen-bond donors (Lipinski definition) is 1. The summed E-state index contributed by atoms with van der Waals surface area (Å²) in [5.41, 5.74) is 0. The summed E-state index contributed by atoms with van der Waals surface area (Å²) in [7, 11) is 1.68. The lowest BCUT2D eigenvalue weighted by Gasteiger charge is -2.15. The van der Waals surface area contributed by atoms with Crippen molar-refractivity contribution in [3.63, 3.8) is 0 Å². The average molecular weight is 264 g/mol. The first-order chi connectivity index (χ1) is 7.67. The summed E-state index contributed by atoms with van der Waals surface area (Å²) in [6.07, 6.45) is 0.853. The van der Waals surface area contributed by atoms with Crippen molar-refractivity contribution in [2.24, 2.45) is 0 Å². The summed E-state index contributed by atoms with van der Waals surface area (Å²) in [6, 6.07) is 0.204. The van der Waals surface area contributed by atoms with Gasteiger partial charge in [-0.3, -0.25) is 0 Å². The van der Waals surface area contributed by atoms with Crippen LogP contribution >= 0.6 is 23.1 Å². The van der Waals surface area contributed by atoms with Gasteiger partial charge in [0, 0.05) is 30.4 Å². The first kappa shape index (κ1) is 13.7. The molecular formula is C10H18ClN3OS. The Hall–Kier alpha value is -0.390. The van der Waals surface area contributed by atoms with Gasteiger partial charge in [-0.1, -0.05) is 13.8 Å². The second kappa shape index (κ2) is 7.04. The number of ether oxygens (including phenoxy) is 1. The lowest BCUT2D eigenvalue weighted by molar-refractivity contribution is 0.184. The van der Waals surface area contributed by atoms with Crippen molar-refractivity contribution in [2.75, 3.05) is 24.9 Å². The van der Waals surface area contributed by atoms with Crippen LogP contribution in [0.4, 0.5) is 5.13 Å². The van der Waals surface area contributed by atoms with E-state index in [0.29, 0.717) is 18.4 Å². The smallest absolute Gasteiger partial charge is 0.202 e. The molecule has 0 saturated carbocycles. The summed E-state index contributed by atoms with van der Waals surface area (Å²) in [4.78, 5) is 4.41. The minimum Gasteiger partial charge on any atom is -0.383 e. The molecule has 1 rings (SSSR count). The maximum Gasteiger partial charge on any atom is 0.202 e. The Labute approximate surface area is 106 Å². The van der Waals surface area contributed by atoms with E-state index in [2.05, 4.69) is 28.5 Å². The molecule has 0 bridgehead atoms. The van der Waals surface area contributed by atoms with Crippen molar-refractivity contribution in [2.45, 2.75) is 32.2 Å². The van der Waals surface area contributed by atoms with Gasteiger partial charge < -0.3 is 10.1 Å². The van der Waals surface area contributed by atoms with Gasteiger partial charge in [0.05, 0.1) is 12.6 Å². The highest BCUT2D eigenvalue weighted by molar-refractivity contribution is 7.09. The molecule has 0 spiro atoms. The Balaban J connectivity index is 2.55. The molecular weight excluding hydrogens is 246 g/mol. The van der Waals surface area contributed by atoms with Crippen LogP contribution < -0.4 is 5.32 Å². The normalized spacial score (nSPS) is 13.1. The van der Waals surface area contributed by atoms with Crippen LogP contribution in [0.25, 0.3) is 0 Å². The molecule has 92 valence electrons. The number of nitrogens with one attached hydrogen (secondary N) is 1. The molecule has 6 heteroatoms. The topological polar surface area (TPSA) is 47.0 Å². The van der Waals surface area contributed by atoms with Gasteiger partial charge in [-0.15, -0.1) is 11.6 Å². The minimum atomic E-state index is 0.204. The van der Waals surface area contributed by atoms with Crippen molar-refractivity contribution >= 4 is 28.3 Å². The van der Waals surface area contributed by atoms with Crippen LogP contribution in [-0.2, 0) is 4.74 Å². The fourth-order valence-electron chi connectivity index (χ4n) is 1.23. The van der Waals surface area contributed by atoms with Crippen LogP contribution in [0.1, 0.15) is 32.0 Å². The van der Waals surface area contributed by atoms with Crippen molar-refractivity contribution in [3.05, 3.63) is 5.82 Å². The van der Waals surface area contributed by atoms with Gasteiger partial charge in [0.25, 0.3) is 0 Å². The van der Waals surface area contributed by atoms with Crippen LogP contribution in [0.2, 0.25) is 0 Å². The third kappa shape index (κ3) is 4.23. The predicted molar refractivity (Wildman–Crippen MR) is 68.6 cm³/mol. The van der Waals surface area contributed by atoms with Gasteiger partial charge in [0.15, 0.2) is 0 Å². The van der Waals surface area contributed by atoms with E-state index in [1.807, 2.05) is 0 Å². The van der Waals surface area contributed by atoms with E-state index in [1.165, 1.54) is 11.5 Å². The Bertz CT molecular complexity index is 300. The van der Waals surface area contributed by atoms with Gasteiger partial charge in [0.2, 0.25) is 5.13 Å². The van der Waals surface area contributed by atoms with Crippen molar-refractivity contribution < 1.29 is 4.74 Å². The Kier molecular flexibility index (Phi) is 6.01. The highest BCUT2D eigenvalue weighted by atomic mass is 35.5. The van der Waals surface area contributed by atoms with Gasteiger partial charge >= 0.3 is 0 Å². The molecule has 1 unspecified atom stereocenters. The molecule has 0 fully saturated rings. The first-order valence-corrected chi connectivity index (χ1v) is 6.63. The molecule has 0 radical (unpaired) electrons. The van der Waals surface area contributed by atoms with E-state index < -0.39 is 0 Å². The summed E-state index contributed by atoms with van der Waals surface area (Å²) in [6.45, 7) is 4.79. The summed E-state index contributed by atoms with van der Waals surface area (Å²) in [5.74, 6) is 1.85. The summed E-state index contributed by atoms with van der Waals surface area (Å²) < 4.78 is 9.40. The van der Waals surface area contributed by atoms with Gasteiger partial charge in [0.1, 0.15) is 5.82 Å². The molecule has 1 atom stereocenters. The molecule has 0 aliphatic rings. The van der Waals surface area contributed by atoms with E-state index in [9.17, 15) is 0 Å². The number of hydrogen-bond acceptors (Lipinski definition) is 5. The zero-order valence-electron chi connectivity index (χ0n) is 9.86. The van der Waals surface area contributed by atoms with E-state index in [-0.39, 0.29) is 6.04 Å². The fraction of sp³-hybridized carbons (Fsp3) is 0.800. The van der Waals surface area contributed by atoms with Crippen LogP contribution in [0.3, 0.4) is 0 Å². The van der Waals surface area contributed by atoms with E-state index in [0.717, 1.165) is 17.4 Å². The number of anilines is 1. The standard InChI is InChI=1S/C10H18ClN3OS/c1-7(2)9-13-10(16-14-9)12-8(4-5-11)6-15-3/h7-8H,4-6H2,1-3H3,(H,12,13,14). The molecule has 0 aliphatic carbocycles. The molecule has 1 aromatic heterocycles. The Morgan fingerprint density at radius 2 is 2.25 bits per heavy atom. The van der Waals surface area contributed by atoms with Crippen LogP contribution in [-0.4, -0.2) is 35.0 Å². The lowest BCUT2D eigenvalue weighted by Crippen LogP contribution is -2.25. The van der Waals surface area contributed by atoms with Crippen LogP contribution in [0.15, 0.2) is 0 Å². The minimum absolute atomic E-state index is 0.204. The molecule has 16 heavy (non-hydrogen) atoms. The van der Waals surface area contributed by atoms with E-state index >= 15 is 0 Å². The second-order valence-corrected chi connectivity index (χ2v) is 5.02. The van der Waals surface area contributed by atoms with Crippen molar-refractivity contribution in [1.82, 2.24) is 9.36 Å². The molecule has 1 N–H and O–H groups in total. The number of rotatable bonds is 7. The highest BCUT2D eigenvalue weighted by Crippen LogP contribution is 2.18. The Morgan fingerprint density at radius 1 is 1.50 bits per heavy atom. The van der Waals surface area contributed by atoms with Crippen LogP contribution in [0, 0.1) is 0 Å². The maximum atomic E-state index is 5.73. The predicted octanol–water partition coefficient (Wildman–Crippen LogP) is 2.72. The molecule has 0 amide bonds. The van der Waals surface area contributed by atoms with Crippen molar-refractivity contribution in [1.29, 1.82) is 0 Å². The number of nitrogens with zero attached hydrogens (tertiary/aromatic N) is 2. The molecule has 4 nitrogen and oxygen atoms in total. The number of aromatic nitrogens is 2. The molecule has 0 aromatic carbocycles. The number of methoxy groups -OCH3 is 1. The van der Waals surface area contributed by atoms with Gasteiger partial charge in [-0.25, -0.2) is 4.98 Å². The second-order valence-electron chi connectivity index (χ2n) is 3.89. The highest BCUT2D eigenvalue weighted by Gasteiger charge is 2.12. The number of alkyl halides is 1. The fourth-order valence-corrected chi connectivity index (χ4v) is 2.28. The van der Waals surface area contributed by atoms with Crippen LogP contribution in [0.5, 0.6) is 0 Å². The quantitative estimate of drug-likeness (QED) is 0.769. The zero-order valence-corrected chi connectivity index (χ0v) is 11.4. The zero-order chi connectivity index (χ0) is 12.0. The number of halogens is 1. The largest absolute Gasteiger partial charge is 0.383 e. The third-order valence-corrected chi connectivity index (χ3v) is 2.99. The molecule has 0 aliphatic heterocycles. The van der Waals surface area contributed by atoms with Crippen molar-refractivity contribution in [3.8, 4) is 0 Å². The van der Waals surface area contributed by atoms with Gasteiger partial charge in [-0.2, -0.15) is 4.37 Å². The Morgan fingerprint density at radius 3 is 2.75 bits per heavy atom. The SMILES string of the molecule is COCC(CCCl)Nc1nc(C(C)C)ns1. The maximum absolute atomic E-state index is 5.73. The summed E-state index contributed by atoms with van der Waals surface area (Å²) in [5, 5.41) is 4.13. The van der Waals surface area contributed by atoms with Gasteiger partial charge in [-0.05, 0) is 6.42 Å². The average Bonchev–Trinajstić information content (AvgIpc) is 2.67. The third-order valence-electron chi connectivity index (χ3n) is 2.11. The van der Waals surface area contributed by atoms with E-state index in [4.69, 9.17) is 16.3 Å². The molecule has 1 aromatic rings.